The number of nitrogens with two attached hydrogens (primary N) is 1. The van der Waals surface area contributed by atoms with Gasteiger partial charge in [-0.05, 0) is 0 Å². The Morgan fingerprint density at radius 1 is 1.38 bits per heavy atom. The Bertz CT molecular complexity index is 339. The molecule has 0 saturated carbocycles. The molecule has 16 heavy (non-hydrogen) atoms. The first kappa shape index (κ1) is 15.9. The van der Waals surface area contributed by atoms with E-state index >= 15 is 0 Å². The molecule has 0 aliphatic heterocycles. The molecule has 4 nitrogen and oxygen atoms in total. The molecule has 0 aliphatic carbocycles. The van der Waals surface area contributed by atoms with E-state index in [0.29, 0.717) is 0 Å². The first-order valence-electron chi connectivity index (χ1n) is 4.35. The maximum Gasteiger partial charge on any atom is 0.393 e. The van der Waals surface area contributed by atoms with Gasteiger partial charge in [-0.25, -0.2) is 8.42 Å². The summed E-state index contributed by atoms with van der Waals surface area (Å²) in [4.78, 5) is 0. The van der Waals surface area contributed by atoms with E-state index in [1.54, 1.807) is 0 Å². The molecular weight excluding hydrogens is 267 g/mol. The molecule has 0 aromatic carbocycles. The summed E-state index contributed by atoms with van der Waals surface area (Å²) < 4.78 is 69.3. The fourth-order valence-electron chi connectivity index (χ4n) is 0.848. The lowest BCUT2D eigenvalue weighted by Crippen LogP contribution is -2.35. The van der Waals surface area contributed by atoms with Crippen LogP contribution in [0, 0.1) is 5.92 Å². The SMILES string of the molecule is CS(=O)(=O)CCS(=O)CC(CN)C(F)(F)F. The standard InChI is InChI=1S/C7H14F3NO3S2/c1-16(13,14)3-2-15(12)5-6(4-11)7(8,9)10/h6H,2-5,11H2,1H3. The van der Waals surface area contributed by atoms with E-state index in [-0.39, 0.29) is 11.5 Å². The minimum atomic E-state index is -4.49. The molecule has 0 saturated heterocycles. The van der Waals surface area contributed by atoms with Gasteiger partial charge in [0.1, 0.15) is 9.84 Å². The van der Waals surface area contributed by atoms with Crippen LogP contribution >= 0.6 is 0 Å². The Hall–Kier alpha value is -0.150. The monoisotopic (exact) mass is 281 g/mol. The van der Waals surface area contributed by atoms with Crippen molar-refractivity contribution in [2.24, 2.45) is 11.7 Å². The Morgan fingerprint density at radius 2 is 1.88 bits per heavy atom. The molecule has 2 atom stereocenters. The first-order chi connectivity index (χ1) is 7.06. The van der Waals surface area contributed by atoms with Crippen molar-refractivity contribution in [1.82, 2.24) is 0 Å². The molecular formula is C7H14F3NO3S2. The van der Waals surface area contributed by atoms with Crippen LogP contribution in [0.2, 0.25) is 0 Å². The van der Waals surface area contributed by atoms with Crippen molar-refractivity contribution in [1.29, 1.82) is 0 Å². The van der Waals surface area contributed by atoms with Crippen LogP contribution in [0.1, 0.15) is 0 Å². The van der Waals surface area contributed by atoms with Gasteiger partial charge in [0, 0.05) is 35.1 Å². The third-order valence-electron chi connectivity index (χ3n) is 1.82. The lowest BCUT2D eigenvalue weighted by molar-refractivity contribution is -0.165. The van der Waals surface area contributed by atoms with Crippen LogP contribution in [0.5, 0.6) is 0 Å². The molecule has 0 rings (SSSR count). The smallest absolute Gasteiger partial charge is 0.330 e. The summed E-state index contributed by atoms with van der Waals surface area (Å²) in [5.41, 5.74) is 4.92. The predicted octanol–water partition coefficient (Wildman–Crippen LogP) is -0.0831. The van der Waals surface area contributed by atoms with E-state index in [1.165, 1.54) is 0 Å². The highest BCUT2D eigenvalue weighted by molar-refractivity contribution is 7.92. The van der Waals surface area contributed by atoms with Crippen LogP contribution in [-0.2, 0) is 20.6 Å². The third-order valence-corrected chi connectivity index (χ3v) is 4.45. The van der Waals surface area contributed by atoms with Gasteiger partial charge in [0.15, 0.2) is 0 Å². The quantitative estimate of drug-likeness (QED) is 0.738. The lowest BCUT2D eigenvalue weighted by atomic mass is 10.2. The van der Waals surface area contributed by atoms with E-state index in [2.05, 4.69) is 0 Å². The Kier molecular flexibility index (Phi) is 5.91. The van der Waals surface area contributed by atoms with E-state index in [1.807, 2.05) is 0 Å². The summed E-state index contributed by atoms with van der Waals surface area (Å²) in [7, 11) is -5.12. The molecule has 2 N–H and O–H groups in total. The summed E-state index contributed by atoms with van der Waals surface area (Å²) in [5.74, 6) is -3.15. The predicted molar refractivity (Wildman–Crippen MR) is 56.2 cm³/mol. The average molecular weight is 281 g/mol. The van der Waals surface area contributed by atoms with Gasteiger partial charge in [0.05, 0.1) is 11.7 Å². The number of hydrogen-bond donors (Lipinski definition) is 1. The van der Waals surface area contributed by atoms with Crippen LogP contribution < -0.4 is 5.73 Å². The van der Waals surface area contributed by atoms with Crippen molar-refractivity contribution >= 4 is 20.6 Å². The normalized spacial score (nSPS) is 17.1. The van der Waals surface area contributed by atoms with Crippen LogP contribution in [0.4, 0.5) is 13.2 Å². The van der Waals surface area contributed by atoms with Crippen molar-refractivity contribution in [3.05, 3.63) is 0 Å². The Labute approximate surface area is 94.8 Å². The molecule has 98 valence electrons. The molecule has 0 amide bonds. The Balaban J connectivity index is 4.23. The molecule has 9 heteroatoms. The molecule has 0 spiro atoms. The zero-order valence-corrected chi connectivity index (χ0v) is 10.3. The fraction of sp³-hybridized carbons (Fsp3) is 1.00. The zero-order chi connectivity index (χ0) is 13.0. The molecule has 0 aromatic rings. The summed E-state index contributed by atoms with van der Waals surface area (Å²) >= 11 is 0. The number of alkyl halides is 3. The average Bonchev–Trinajstić information content (AvgIpc) is 2.07. The molecule has 0 bridgehead atoms. The van der Waals surface area contributed by atoms with E-state index in [0.717, 1.165) is 6.26 Å². The summed E-state index contributed by atoms with van der Waals surface area (Å²) in [6.07, 6.45) is -3.55. The van der Waals surface area contributed by atoms with Gasteiger partial charge in [-0.1, -0.05) is 0 Å². The van der Waals surface area contributed by atoms with Gasteiger partial charge in [0.2, 0.25) is 0 Å². The van der Waals surface area contributed by atoms with Gasteiger partial charge < -0.3 is 5.73 Å². The highest BCUT2D eigenvalue weighted by Crippen LogP contribution is 2.25. The van der Waals surface area contributed by atoms with Crippen LogP contribution in [-0.4, -0.2) is 48.9 Å². The van der Waals surface area contributed by atoms with Crippen molar-refractivity contribution in [3.8, 4) is 0 Å². The summed E-state index contributed by atoms with van der Waals surface area (Å²) in [5, 5.41) is 0. The molecule has 0 aliphatic rings. The van der Waals surface area contributed by atoms with E-state index in [9.17, 15) is 25.8 Å². The van der Waals surface area contributed by atoms with Crippen molar-refractivity contribution in [2.75, 3.05) is 30.1 Å². The minimum absolute atomic E-state index is 0.286. The minimum Gasteiger partial charge on any atom is -0.330 e. The second-order valence-electron chi connectivity index (χ2n) is 3.41. The maximum atomic E-state index is 12.2. The van der Waals surface area contributed by atoms with Crippen LogP contribution in [0.15, 0.2) is 0 Å². The highest BCUT2D eigenvalue weighted by atomic mass is 32.2. The highest BCUT2D eigenvalue weighted by Gasteiger charge is 2.39. The second-order valence-corrected chi connectivity index (χ2v) is 7.30. The van der Waals surface area contributed by atoms with Crippen LogP contribution in [0.25, 0.3) is 0 Å². The Morgan fingerprint density at radius 3 is 2.19 bits per heavy atom. The van der Waals surface area contributed by atoms with E-state index < -0.39 is 45.0 Å². The number of sulfone groups is 1. The molecule has 2 unspecified atom stereocenters. The number of halogens is 3. The first-order valence-corrected chi connectivity index (χ1v) is 7.90. The molecule has 0 aromatic heterocycles. The molecule has 0 fully saturated rings. The van der Waals surface area contributed by atoms with Crippen LogP contribution in [0.3, 0.4) is 0 Å². The zero-order valence-electron chi connectivity index (χ0n) is 8.66. The van der Waals surface area contributed by atoms with Gasteiger partial charge in [-0.15, -0.1) is 0 Å². The molecule has 0 radical (unpaired) electrons. The van der Waals surface area contributed by atoms with E-state index in [4.69, 9.17) is 5.73 Å². The van der Waals surface area contributed by atoms with Crippen molar-refractivity contribution in [3.63, 3.8) is 0 Å². The van der Waals surface area contributed by atoms with Gasteiger partial charge in [0.25, 0.3) is 0 Å². The van der Waals surface area contributed by atoms with Gasteiger partial charge in [-0.2, -0.15) is 13.2 Å². The number of hydrogen-bond acceptors (Lipinski definition) is 4. The largest absolute Gasteiger partial charge is 0.393 e. The van der Waals surface area contributed by atoms with Gasteiger partial charge >= 0.3 is 6.18 Å². The molecule has 0 heterocycles. The lowest BCUT2D eigenvalue weighted by Gasteiger charge is -2.17. The summed E-state index contributed by atoms with van der Waals surface area (Å²) in [6, 6.07) is 0. The van der Waals surface area contributed by atoms with Crippen molar-refractivity contribution in [2.45, 2.75) is 6.18 Å². The third kappa shape index (κ3) is 7.18. The van der Waals surface area contributed by atoms with Crippen molar-refractivity contribution < 1.29 is 25.8 Å². The maximum absolute atomic E-state index is 12.2. The topological polar surface area (TPSA) is 77.2 Å². The summed E-state index contributed by atoms with van der Waals surface area (Å²) in [6.45, 7) is -0.645. The second kappa shape index (κ2) is 5.97. The number of rotatable bonds is 6. The van der Waals surface area contributed by atoms with Gasteiger partial charge in [-0.3, -0.25) is 4.21 Å². The fourth-order valence-corrected chi connectivity index (χ4v) is 3.74.